The number of hydrogen-bond acceptors (Lipinski definition) is 3. The van der Waals surface area contributed by atoms with Gasteiger partial charge in [0.15, 0.2) is 0 Å². The third-order valence-electron chi connectivity index (χ3n) is 2.98. The summed E-state index contributed by atoms with van der Waals surface area (Å²) in [5, 5.41) is 0. The van der Waals surface area contributed by atoms with Gasteiger partial charge < -0.3 is 4.90 Å². The van der Waals surface area contributed by atoms with Gasteiger partial charge >= 0.3 is 0 Å². The third kappa shape index (κ3) is 2.28. The van der Waals surface area contributed by atoms with Crippen molar-refractivity contribution in [1.82, 2.24) is 9.97 Å². The number of alkyl halides is 2. The van der Waals surface area contributed by atoms with Crippen LogP contribution >= 0.6 is 0 Å². The Labute approximate surface area is 93.5 Å². The first kappa shape index (κ1) is 11.2. The van der Waals surface area contributed by atoms with Gasteiger partial charge in [0, 0.05) is 30.8 Å². The molecule has 1 aliphatic rings. The van der Waals surface area contributed by atoms with Gasteiger partial charge in [-0.25, -0.2) is 18.7 Å². The van der Waals surface area contributed by atoms with Crippen LogP contribution < -0.4 is 4.90 Å². The zero-order valence-corrected chi connectivity index (χ0v) is 9.24. The fourth-order valence-electron chi connectivity index (χ4n) is 1.95. The molecule has 0 amide bonds. The number of aryl methyl sites for hydroxylation is 1. The van der Waals surface area contributed by atoms with Crippen LogP contribution in [0.3, 0.4) is 0 Å². The third-order valence-corrected chi connectivity index (χ3v) is 2.98. The predicted molar refractivity (Wildman–Crippen MR) is 57.7 cm³/mol. The summed E-state index contributed by atoms with van der Waals surface area (Å²) in [6.45, 7) is 3.07. The lowest BCUT2D eigenvalue weighted by Gasteiger charge is -2.17. The summed E-state index contributed by atoms with van der Waals surface area (Å²) in [7, 11) is 0. The predicted octanol–water partition coefficient (Wildman–Crippen LogP) is 2.13. The van der Waals surface area contributed by atoms with E-state index in [-0.39, 0.29) is 0 Å². The van der Waals surface area contributed by atoms with Gasteiger partial charge in [0.2, 0.25) is 6.43 Å². The lowest BCUT2D eigenvalue weighted by atomic mass is 10.1. The van der Waals surface area contributed by atoms with Crippen molar-refractivity contribution in [2.75, 3.05) is 18.0 Å². The fourth-order valence-corrected chi connectivity index (χ4v) is 1.95. The Morgan fingerprint density at radius 2 is 2.31 bits per heavy atom. The molecule has 2 heterocycles. The van der Waals surface area contributed by atoms with Crippen molar-refractivity contribution in [3.05, 3.63) is 18.1 Å². The minimum absolute atomic E-state index is 0.401. The summed E-state index contributed by atoms with van der Waals surface area (Å²) < 4.78 is 25.0. The fraction of sp³-hybridized carbons (Fsp3) is 0.636. The first-order valence-electron chi connectivity index (χ1n) is 5.54. The molecule has 2 rings (SSSR count). The largest absolute Gasteiger partial charge is 0.356 e. The maximum Gasteiger partial charge on any atom is 0.243 e. The highest BCUT2D eigenvalue weighted by molar-refractivity contribution is 5.40. The van der Waals surface area contributed by atoms with Crippen molar-refractivity contribution < 1.29 is 8.78 Å². The first-order chi connectivity index (χ1) is 7.70. The van der Waals surface area contributed by atoms with E-state index < -0.39 is 12.3 Å². The van der Waals surface area contributed by atoms with Crippen LogP contribution in [0.15, 0.2) is 12.4 Å². The number of hydrogen-bond donors (Lipinski definition) is 0. The van der Waals surface area contributed by atoms with Crippen molar-refractivity contribution in [1.29, 1.82) is 0 Å². The second-order valence-corrected chi connectivity index (χ2v) is 4.05. The van der Waals surface area contributed by atoms with Crippen LogP contribution in [0.25, 0.3) is 0 Å². The maximum absolute atomic E-state index is 12.5. The average molecular weight is 227 g/mol. The summed E-state index contributed by atoms with van der Waals surface area (Å²) in [6, 6.07) is 1.88. The van der Waals surface area contributed by atoms with Crippen molar-refractivity contribution in [2.24, 2.45) is 5.92 Å². The van der Waals surface area contributed by atoms with Gasteiger partial charge in [0.25, 0.3) is 0 Å². The van der Waals surface area contributed by atoms with Gasteiger partial charge in [-0.2, -0.15) is 0 Å². The molecule has 0 radical (unpaired) electrons. The lowest BCUT2D eigenvalue weighted by molar-refractivity contribution is 0.0880. The second-order valence-electron chi connectivity index (χ2n) is 4.05. The monoisotopic (exact) mass is 227 g/mol. The van der Waals surface area contributed by atoms with Crippen LogP contribution in [-0.4, -0.2) is 29.5 Å². The number of nitrogens with zero attached hydrogens (tertiary/aromatic N) is 3. The van der Waals surface area contributed by atoms with Crippen LogP contribution in [0, 0.1) is 5.92 Å². The summed E-state index contributed by atoms with van der Waals surface area (Å²) in [6.07, 6.45) is 0.659. The molecular formula is C11H15F2N3. The molecule has 1 atom stereocenters. The van der Waals surface area contributed by atoms with E-state index in [1.807, 2.05) is 17.9 Å². The molecule has 0 saturated carbocycles. The molecule has 1 fully saturated rings. The zero-order chi connectivity index (χ0) is 11.5. The van der Waals surface area contributed by atoms with Gasteiger partial charge in [-0.15, -0.1) is 0 Å². The Bertz CT molecular complexity index is 357. The SMILES string of the molecule is CCc1cc(N2CCC(C(F)F)C2)ncn1. The summed E-state index contributed by atoms with van der Waals surface area (Å²) in [5.41, 5.74) is 0.950. The lowest BCUT2D eigenvalue weighted by Crippen LogP contribution is -2.23. The number of anilines is 1. The van der Waals surface area contributed by atoms with Gasteiger partial charge in [-0.3, -0.25) is 0 Å². The van der Waals surface area contributed by atoms with E-state index in [0.29, 0.717) is 19.5 Å². The van der Waals surface area contributed by atoms with Crippen LogP contribution in [0.5, 0.6) is 0 Å². The summed E-state index contributed by atoms with van der Waals surface area (Å²) in [4.78, 5) is 10.1. The molecule has 5 heteroatoms. The number of halogens is 2. The topological polar surface area (TPSA) is 29.0 Å². The minimum atomic E-state index is -2.22. The second kappa shape index (κ2) is 4.72. The Morgan fingerprint density at radius 3 is 2.94 bits per heavy atom. The molecule has 0 N–H and O–H groups in total. The van der Waals surface area contributed by atoms with Crippen LogP contribution in [0.4, 0.5) is 14.6 Å². The Hall–Kier alpha value is -1.26. The van der Waals surface area contributed by atoms with Crippen LogP contribution in [0.1, 0.15) is 19.0 Å². The van der Waals surface area contributed by atoms with E-state index in [2.05, 4.69) is 9.97 Å². The van der Waals surface area contributed by atoms with E-state index in [1.165, 1.54) is 6.33 Å². The van der Waals surface area contributed by atoms with E-state index in [1.54, 1.807) is 0 Å². The van der Waals surface area contributed by atoms with E-state index in [4.69, 9.17) is 0 Å². The molecule has 1 saturated heterocycles. The van der Waals surface area contributed by atoms with Crippen molar-refractivity contribution in [3.8, 4) is 0 Å². The summed E-state index contributed by atoms with van der Waals surface area (Å²) >= 11 is 0. The molecule has 88 valence electrons. The molecule has 1 aromatic heterocycles. The zero-order valence-electron chi connectivity index (χ0n) is 9.24. The molecule has 0 aromatic carbocycles. The Kier molecular flexibility index (Phi) is 3.31. The molecule has 16 heavy (non-hydrogen) atoms. The molecule has 1 aliphatic heterocycles. The number of rotatable bonds is 3. The molecule has 1 unspecified atom stereocenters. The molecule has 0 bridgehead atoms. The van der Waals surface area contributed by atoms with Crippen molar-refractivity contribution in [2.45, 2.75) is 26.2 Å². The molecule has 3 nitrogen and oxygen atoms in total. The Balaban J connectivity index is 2.08. The Morgan fingerprint density at radius 1 is 1.50 bits per heavy atom. The first-order valence-corrected chi connectivity index (χ1v) is 5.54. The van der Waals surface area contributed by atoms with E-state index >= 15 is 0 Å². The molecular weight excluding hydrogens is 212 g/mol. The van der Waals surface area contributed by atoms with Gasteiger partial charge in [0.1, 0.15) is 12.1 Å². The standard InChI is InChI=1S/C11H15F2N3/c1-2-9-5-10(15-7-14-9)16-4-3-8(6-16)11(12)13/h5,7-8,11H,2-4,6H2,1H3. The summed E-state index contributed by atoms with van der Waals surface area (Å²) in [5.74, 6) is 0.259. The molecule has 0 spiro atoms. The van der Waals surface area contributed by atoms with E-state index in [9.17, 15) is 8.78 Å². The van der Waals surface area contributed by atoms with Gasteiger partial charge in [0.05, 0.1) is 0 Å². The normalized spacial score (nSPS) is 20.8. The van der Waals surface area contributed by atoms with Gasteiger partial charge in [-0.05, 0) is 12.8 Å². The van der Waals surface area contributed by atoms with E-state index in [0.717, 1.165) is 17.9 Å². The molecule has 1 aromatic rings. The quantitative estimate of drug-likeness (QED) is 0.792. The van der Waals surface area contributed by atoms with Crippen molar-refractivity contribution >= 4 is 5.82 Å². The highest BCUT2D eigenvalue weighted by atomic mass is 19.3. The van der Waals surface area contributed by atoms with Gasteiger partial charge in [-0.1, -0.05) is 6.92 Å². The molecule has 0 aliphatic carbocycles. The minimum Gasteiger partial charge on any atom is -0.356 e. The smallest absolute Gasteiger partial charge is 0.243 e. The number of aromatic nitrogens is 2. The van der Waals surface area contributed by atoms with Crippen molar-refractivity contribution in [3.63, 3.8) is 0 Å². The van der Waals surface area contributed by atoms with Crippen LogP contribution in [0.2, 0.25) is 0 Å². The highest BCUT2D eigenvalue weighted by Gasteiger charge is 2.30. The maximum atomic E-state index is 12.5. The average Bonchev–Trinajstić information content (AvgIpc) is 2.78. The highest BCUT2D eigenvalue weighted by Crippen LogP contribution is 2.26. The van der Waals surface area contributed by atoms with Crippen LogP contribution in [-0.2, 0) is 6.42 Å².